The molecule has 0 atom stereocenters. The minimum atomic E-state index is -0.538. The van der Waals surface area contributed by atoms with Crippen LogP contribution in [0.3, 0.4) is 0 Å². The quantitative estimate of drug-likeness (QED) is 0.846. The molecule has 2 rings (SSSR count). The first-order valence-corrected chi connectivity index (χ1v) is 7.88. The van der Waals surface area contributed by atoms with E-state index in [2.05, 4.69) is 0 Å². The van der Waals surface area contributed by atoms with Gasteiger partial charge in [0.15, 0.2) is 0 Å². The lowest BCUT2D eigenvalue weighted by molar-refractivity contribution is 0.00578. The van der Waals surface area contributed by atoms with Crippen LogP contribution < -0.4 is 10.5 Å². The summed E-state index contributed by atoms with van der Waals surface area (Å²) >= 11 is 0. The normalized spacial score (nSPS) is 20.0. The molecule has 0 aromatic heterocycles. The minimum absolute atomic E-state index is 0.261. The standard InChI is InChI=1S/C17H25BFNO3/c1-6-21-15-9-12(8-14(19)10-15)7-13(11-20)18-22-16(2,3)17(4,5)23-18/h7-10H,6,11,20H2,1-5H3. The number of hydrogen-bond donors (Lipinski definition) is 1. The Kier molecular flexibility index (Phi) is 5.18. The van der Waals surface area contributed by atoms with Gasteiger partial charge in [-0.3, -0.25) is 0 Å². The molecule has 23 heavy (non-hydrogen) atoms. The fourth-order valence-electron chi connectivity index (χ4n) is 2.35. The molecule has 1 saturated heterocycles. The smallest absolute Gasteiger partial charge is 0.491 e. The van der Waals surface area contributed by atoms with E-state index in [1.165, 1.54) is 12.1 Å². The second kappa shape index (κ2) is 6.63. The zero-order valence-corrected chi connectivity index (χ0v) is 14.5. The maximum absolute atomic E-state index is 13.7. The maximum atomic E-state index is 13.7. The number of halogens is 1. The van der Waals surface area contributed by atoms with Crippen LogP contribution in [0.25, 0.3) is 6.08 Å². The fraction of sp³-hybridized carbons (Fsp3) is 0.529. The largest absolute Gasteiger partial charge is 0.494 e. The highest BCUT2D eigenvalue weighted by Crippen LogP contribution is 2.38. The van der Waals surface area contributed by atoms with Crippen molar-refractivity contribution in [2.45, 2.75) is 45.8 Å². The van der Waals surface area contributed by atoms with E-state index in [1.807, 2.05) is 34.6 Å². The van der Waals surface area contributed by atoms with E-state index in [9.17, 15) is 4.39 Å². The monoisotopic (exact) mass is 321 g/mol. The van der Waals surface area contributed by atoms with E-state index in [0.29, 0.717) is 17.9 Å². The van der Waals surface area contributed by atoms with Crippen LogP contribution in [0.1, 0.15) is 40.2 Å². The van der Waals surface area contributed by atoms with Gasteiger partial charge in [-0.1, -0.05) is 6.08 Å². The van der Waals surface area contributed by atoms with Crippen molar-refractivity contribution in [2.24, 2.45) is 5.73 Å². The molecule has 6 heteroatoms. The predicted molar refractivity (Wildman–Crippen MR) is 90.7 cm³/mol. The van der Waals surface area contributed by atoms with Gasteiger partial charge < -0.3 is 19.8 Å². The van der Waals surface area contributed by atoms with Gasteiger partial charge in [-0.2, -0.15) is 0 Å². The van der Waals surface area contributed by atoms with Crippen LogP contribution in [-0.4, -0.2) is 31.5 Å². The Balaban J connectivity index is 2.30. The molecule has 1 aliphatic rings. The first kappa shape index (κ1) is 18.0. The van der Waals surface area contributed by atoms with E-state index < -0.39 is 18.3 Å². The maximum Gasteiger partial charge on any atom is 0.491 e. The van der Waals surface area contributed by atoms with E-state index in [1.54, 1.807) is 12.1 Å². The summed E-state index contributed by atoms with van der Waals surface area (Å²) in [7, 11) is -0.538. The molecule has 0 amide bonds. The number of benzene rings is 1. The lowest BCUT2D eigenvalue weighted by Gasteiger charge is -2.32. The molecule has 0 unspecified atom stereocenters. The van der Waals surface area contributed by atoms with Crippen LogP contribution in [0.15, 0.2) is 23.7 Å². The van der Waals surface area contributed by atoms with E-state index in [-0.39, 0.29) is 12.4 Å². The second-order valence-corrected chi connectivity index (χ2v) is 6.66. The number of ether oxygens (including phenoxy) is 1. The molecule has 1 aromatic rings. The molecule has 0 spiro atoms. The lowest BCUT2D eigenvalue weighted by Crippen LogP contribution is -2.41. The fourth-order valence-corrected chi connectivity index (χ4v) is 2.35. The highest BCUT2D eigenvalue weighted by atomic mass is 19.1. The molecule has 126 valence electrons. The van der Waals surface area contributed by atoms with Gasteiger partial charge in [0.2, 0.25) is 0 Å². The average Bonchev–Trinajstić information content (AvgIpc) is 2.64. The lowest BCUT2D eigenvalue weighted by atomic mass is 9.77. The molecule has 0 saturated carbocycles. The van der Waals surface area contributed by atoms with Crippen molar-refractivity contribution >= 4 is 13.2 Å². The van der Waals surface area contributed by atoms with Crippen LogP contribution in [-0.2, 0) is 9.31 Å². The molecule has 0 aliphatic carbocycles. The molecular weight excluding hydrogens is 296 g/mol. The van der Waals surface area contributed by atoms with Crippen LogP contribution in [0.2, 0.25) is 0 Å². The van der Waals surface area contributed by atoms with Crippen LogP contribution in [0, 0.1) is 5.82 Å². The summed E-state index contributed by atoms with van der Waals surface area (Å²) < 4.78 is 31.1. The van der Waals surface area contributed by atoms with Crippen LogP contribution >= 0.6 is 0 Å². The number of nitrogens with two attached hydrogens (primary N) is 1. The molecule has 1 aromatic carbocycles. The summed E-state index contributed by atoms with van der Waals surface area (Å²) in [6.07, 6.45) is 1.80. The third-order valence-electron chi connectivity index (χ3n) is 4.35. The zero-order chi connectivity index (χ0) is 17.3. The summed E-state index contributed by atoms with van der Waals surface area (Å²) in [5.41, 5.74) is 6.41. The summed E-state index contributed by atoms with van der Waals surface area (Å²) in [6.45, 7) is 10.5. The third-order valence-corrected chi connectivity index (χ3v) is 4.35. The predicted octanol–water partition coefficient (Wildman–Crippen LogP) is 3.20. The van der Waals surface area contributed by atoms with Gasteiger partial charge in [0.05, 0.1) is 17.8 Å². The van der Waals surface area contributed by atoms with E-state index in [4.69, 9.17) is 19.8 Å². The highest BCUT2D eigenvalue weighted by Gasteiger charge is 2.52. The van der Waals surface area contributed by atoms with Gasteiger partial charge in [0.25, 0.3) is 0 Å². The minimum Gasteiger partial charge on any atom is -0.494 e. The Hall–Kier alpha value is -1.37. The van der Waals surface area contributed by atoms with Crippen molar-refractivity contribution in [3.63, 3.8) is 0 Å². The topological polar surface area (TPSA) is 53.7 Å². The summed E-state index contributed by atoms with van der Waals surface area (Å²) in [5.74, 6) is 0.136. The molecule has 1 aliphatic heterocycles. The Morgan fingerprint density at radius 1 is 1.22 bits per heavy atom. The molecular formula is C17H25BFNO3. The molecule has 2 N–H and O–H groups in total. The van der Waals surface area contributed by atoms with Crippen molar-refractivity contribution in [3.05, 3.63) is 35.1 Å². The summed E-state index contributed by atoms with van der Waals surface area (Å²) in [6, 6.07) is 4.56. The van der Waals surface area contributed by atoms with Crippen molar-refractivity contribution < 1.29 is 18.4 Å². The van der Waals surface area contributed by atoms with Gasteiger partial charge in [-0.15, -0.1) is 0 Å². The molecule has 0 bridgehead atoms. The third kappa shape index (κ3) is 3.94. The van der Waals surface area contributed by atoms with Gasteiger partial charge in [-0.05, 0) is 57.8 Å². The molecule has 4 nitrogen and oxygen atoms in total. The van der Waals surface area contributed by atoms with Gasteiger partial charge >= 0.3 is 7.12 Å². The SMILES string of the molecule is CCOc1cc(F)cc(C=C(CN)B2OC(C)(C)C(C)(C)O2)c1. The first-order chi connectivity index (χ1) is 10.7. The Morgan fingerprint density at radius 3 is 2.35 bits per heavy atom. The highest BCUT2D eigenvalue weighted by molar-refractivity contribution is 6.55. The Labute approximate surface area is 137 Å². The molecule has 1 heterocycles. The molecule has 0 radical (unpaired) electrons. The second-order valence-electron chi connectivity index (χ2n) is 6.66. The molecule has 1 fully saturated rings. The van der Waals surface area contributed by atoms with Crippen molar-refractivity contribution in [1.82, 2.24) is 0 Å². The number of rotatable bonds is 5. The van der Waals surface area contributed by atoms with Crippen molar-refractivity contribution in [1.29, 1.82) is 0 Å². The summed E-state index contributed by atoms with van der Waals surface area (Å²) in [4.78, 5) is 0. The first-order valence-electron chi connectivity index (χ1n) is 7.88. The Bertz CT molecular complexity index is 586. The average molecular weight is 321 g/mol. The van der Waals surface area contributed by atoms with Crippen molar-refractivity contribution in [2.75, 3.05) is 13.2 Å². The van der Waals surface area contributed by atoms with Gasteiger partial charge in [0, 0.05) is 12.6 Å². The van der Waals surface area contributed by atoms with Gasteiger partial charge in [0.1, 0.15) is 11.6 Å². The zero-order valence-electron chi connectivity index (χ0n) is 14.5. The van der Waals surface area contributed by atoms with Gasteiger partial charge in [-0.25, -0.2) is 4.39 Å². The number of hydrogen-bond acceptors (Lipinski definition) is 4. The van der Waals surface area contributed by atoms with Crippen LogP contribution in [0.5, 0.6) is 5.75 Å². The summed E-state index contributed by atoms with van der Waals surface area (Å²) in [5, 5.41) is 0. The van der Waals surface area contributed by atoms with Crippen molar-refractivity contribution in [3.8, 4) is 5.75 Å². The van der Waals surface area contributed by atoms with E-state index >= 15 is 0 Å². The Morgan fingerprint density at radius 2 is 1.83 bits per heavy atom. The van der Waals surface area contributed by atoms with E-state index in [0.717, 1.165) is 5.47 Å². The van der Waals surface area contributed by atoms with Crippen LogP contribution in [0.4, 0.5) is 4.39 Å².